The van der Waals surface area contributed by atoms with Gasteiger partial charge in [0.2, 0.25) is 5.91 Å². The highest BCUT2D eigenvalue weighted by Crippen LogP contribution is 2.04. The molecule has 0 aliphatic carbocycles. The number of nitrogens with one attached hydrogen (secondary N) is 1. The lowest BCUT2D eigenvalue weighted by Crippen LogP contribution is -2.51. The van der Waals surface area contributed by atoms with Crippen LogP contribution in [0.5, 0.6) is 0 Å². The van der Waals surface area contributed by atoms with Gasteiger partial charge < -0.3 is 15.8 Å². The average molecular weight is 294 g/mol. The van der Waals surface area contributed by atoms with E-state index in [1.807, 2.05) is 0 Å². The maximum absolute atomic E-state index is 11.8. The lowest BCUT2D eigenvalue weighted by molar-refractivity contribution is -0.146. The summed E-state index contributed by atoms with van der Waals surface area (Å²) in [7, 11) is -1.94. The van der Waals surface area contributed by atoms with E-state index in [9.17, 15) is 18.0 Å². The van der Waals surface area contributed by atoms with Crippen molar-refractivity contribution in [1.82, 2.24) is 5.32 Å². The van der Waals surface area contributed by atoms with Crippen molar-refractivity contribution in [3.05, 3.63) is 0 Å². The molecule has 0 aromatic heterocycles. The average Bonchev–Trinajstić information content (AvgIpc) is 2.30. The number of ether oxygens (including phenoxy) is 1. The summed E-state index contributed by atoms with van der Waals surface area (Å²) in [5.41, 5.74) is 5.59. The fraction of sp³-hybridized carbons (Fsp3) is 0.818. The summed E-state index contributed by atoms with van der Waals surface area (Å²) in [6.07, 6.45) is 1.08. The Kier molecular flexibility index (Phi) is 6.99. The first kappa shape index (κ1) is 17.8. The minimum absolute atomic E-state index is 0.0106. The van der Waals surface area contributed by atoms with E-state index in [2.05, 4.69) is 10.1 Å². The van der Waals surface area contributed by atoms with Crippen LogP contribution in [0.3, 0.4) is 0 Å². The van der Waals surface area contributed by atoms with E-state index in [1.54, 1.807) is 13.8 Å². The van der Waals surface area contributed by atoms with Gasteiger partial charge >= 0.3 is 5.97 Å². The third kappa shape index (κ3) is 7.12. The number of nitrogens with two attached hydrogens (primary N) is 1. The minimum Gasteiger partial charge on any atom is -0.467 e. The molecular weight excluding hydrogens is 272 g/mol. The van der Waals surface area contributed by atoms with E-state index in [0.717, 1.165) is 6.26 Å². The van der Waals surface area contributed by atoms with Crippen LogP contribution in [0.2, 0.25) is 0 Å². The van der Waals surface area contributed by atoms with Crippen molar-refractivity contribution in [3.63, 3.8) is 0 Å². The number of carbonyl (C=O) groups is 2. The van der Waals surface area contributed by atoms with Crippen LogP contribution < -0.4 is 11.1 Å². The Morgan fingerprint density at radius 1 is 1.32 bits per heavy atom. The van der Waals surface area contributed by atoms with Crippen molar-refractivity contribution in [2.45, 2.75) is 32.4 Å². The Hall–Kier alpha value is -1.15. The highest BCUT2D eigenvalue weighted by molar-refractivity contribution is 7.90. The summed E-state index contributed by atoms with van der Waals surface area (Å²) in [4.78, 5) is 23.2. The second-order valence-electron chi connectivity index (χ2n) is 4.78. The SMILES string of the molecule is COC(=O)[C@@H](NC(=O)C(N)CCS(C)(=O)=O)C(C)C. The summed E-state index contributed by atoms with van der Waals surface area (Å²) in [5, 5.41) is 2.47. The molecule has 0 aromatic rings. The normalized spacial score (nSPS) is 14.8. The summed E-state index contributed by atoms with van der Waals surface area (Å²) in [6, 6.07) is -1.76. The first-order valence-corrected chi connectivity index (χ1v) is 7.96. The second kappa shape index (κ2) is 7.44. The molecule has 8 heteroatoms. The zero-order valence-electron chi connectivity index (χ0n) is 11.7. The van der Waals surface area contributed by atoms with Crippen LogP contribution in [0.25, 0.3) is 0 Å². The first-order chi connectivity index (χ1) is 8.58. The van der Waals surface area contributed by atoms with Crippen molar-refractivity contribution in [3.8, 4) is 0 Å². The maximum Gasteiger partial charge on any atom is 0.328 e. The van der Waals surface area contributed by atoms with Crippen molar-refractivity contribution < 1.29 is 22.7 Å². The monoisotopic (exact) mass is 294 g/mol. The fourth-order valence-electron chi connectivity index (χ4n) is 1.36. The highest BCUT2D eigenvalue weighted by atomic mass is 32.2. The molecule has 0 saturated carbocycles. The van der Waals surface area contributed by atoms with Gasteiger partial charge in [-0.15, -0.1) is 0 Å². The van der Waals surface area contributed by atoms with Crippen LogP contribution in [0.1, 0.15) is 20.3 Å². The predicted molar refractivity (Wildman–Crippen MR) is 71.1 cm³/mol. The second-order valence-corrected chi connectivity index (χ2v) is 7.04. The number of amides is 1. The lowest BCUT2D eigenvalue weighted by atomic mass is 10.0. The van der Waals surface area contributed by atoms with E-state index in [1.165, 1.54) is 7.11 Å². The smallest absolute Gasteiger partial charge is 0.328 e. The van der Waals surface area contributed by atoms with Crippen LogP contribution in [-0.4, -0.2) is 51.5 Å². The molecule has 0 bridgehead atoms. The van der Waals surface area contributed by atoms with Crippen LogP contribution in [0.15, 0.2) is 0 Å². The predicted octanol–water partition coefficient (Wildman–Crippen LogP) is -0.938. The first-order valence-electron chi connectivity index (χ1n) is 5.90. The topological polar surface area (TPSA) is 116 Å². The molecule has 0 saturated heterocycles. The molecule has 0 spiro atoms. The molecule has 0 aromatic carbocycles. The van der Waals surface area contributed by atoms with Gasteiger partial charge in [0.25, 0.3) is 0 Å². The summed E-state index contributed by atoms with van der Waals surface area (Å²) in [6.45, 7) is 3.51. The maximum atomic E-state index is 11.8. The fourth-order valence-corrected chi connectivity index (χ4v) is 2.04. The zero-order valence-corrected chi connectivity index (χ0v) is 12.5. The number of methoxy groups -OCH3 is 1. The zero-order chi connectivity index (χ0) is 15.2. The van der Waals surface area contributed by atoms with Crippen LogP contribution >= 0.6 is 0 Å². The standard InChI is InChI=1S/C11H22N2O5S/c1-7(2)9(11(15)18-3)13-10(14)8(12)5-6-19(4,16)17/h7-9H,5-6,12H2,1-4H3,(H,13,14)/t8?,9-/m0/s1. The minimum atomic E-state index is -3.17. The van der Waals surface area contributed by atoms with Gasteiger partial charge in [-0.1, -0.05) is 13.8 Å². The summed E-state index contributed by atoms with van der Waals surface area (Å²) < 4.78 is 26.5. The number of esters is 1. The summed E-state index contributed by atoms with van der Waals surface area (Å²) in [5.74, 6) is -1.45. The van der Waals surface area contributed by atoms with Gasteiger partial charge in [-0.25, -0.2) is 13.2 Å². The van der Waals surface area contributed by atoms with Crippen molar-refractivity contribution in [1.29, 1.82) is 0 Å². The van der Waals surface area contributed by atoms with Crippen molar-refractivity contribution in [2.75, 3.05) is 19.1 Å². The Labute approximate surface area is 113 Å². The summed E-state index contributed by atoms with van der Waals surface area (Å²) >= 11 is 0. The molecule has 112 valence electrons. The molecule has 0 heterocycles. The Morgan fingerprint density at radius 2 is 1.84 bits per heavy atom. The van der Waals surface area contributed by atoms with Crippen molar-refractivity contribution >= 4 is 21.7 Å². The molecule has 1 unspecified atom stereocenters. The number of rotatable bonds is 7. The molecule has 19 heavy (non-hydrogen) atoms. The third-order valence-corrected chi connectivity index (χ3v) is 3.53. The number of sulfone groups is 1. The molecule has 0 fully saturated rings. The quantitative estimate of drug-likeness (QED) is 0.586. The van der Waals surface area contributed by atoms with E-state index < -0.39 is 33.8 Å². The lowest BCUT2D eigenvalue weighted by Gasteiger charge is -2.21. The van der Waals surface area contributed by atoms with Crippen LogP contribution in [0.4, 0.5) is 0 Å². The van der Waals surface area contributed by atoms with Gasteiger partial charge in [0.05, 0.1) is 18.9 Å². The van der Waals surface area contributed by atoms with Crippen LogP contribution in [0, 0.1) is 5.92 Å². The Balaban J connectivity index is 4.52. The van der Waals surface area contributed by atoms with Gasteiger partial charge in [-0.05, 0) is 12.3 Å². The Bertz CT molecular complexity index is 419. The van der Waals surface area contributed by atoms with E-state index in [4.69, 9.17) is 5.73 Å². The van der Waals surface area contributed by atoms with E-state index in [0.29, 0.717) is 0 Å². The van der Waals surface area contributed by atoms with Gasteiger partial charge in [-0.2, -0.15) is 0 Å². The molecule has 0 aliphatic heterocycles. The van der Waals surface area contributed by atoms with E-state index in [-0.39, 0.29) is 18.1 Å². The number of hydrogen-bond acceptors (Lipinski definition) is 6. The molecule has 1 amide bonds. The molecular formula is C11H22N2O5S. The van der Waals surface area contributed by atoms with Gasteiger partial charge in [0.1, 0.15) is 15.9 Å². The van der Waals surface area contributed by atoms with Crippen LogP contribution in [-0.2, 0) is 24.2 Å². The molecule has 0 aliphatic rings. The van der Waals surface area contributed by atoms with Gasteiger partial charge in [-0.3, -0.25) is 4.79 Å². The van der Waals surface area contributed by atoms with Gasteiger partial charge in [0.15, 0.2) is 0 Å². The third-order valence-electron chi connectivity index (χ3n) is 2.56. The van der Waals surface area contributed by atoms with E-state index >= 15 is 0 Å². The molecule has 3 N–H and O–H groups in total. The molecule has 2 atom stereocenters. The largest absolute Gasteiger partial charge is 0.467 e. The Morgan fingerprint density at radius 3 is 2.21 bits per heavy atom. The molecule has 7 nitrogen and oxygen atoms in total. The molecule has 0 rings (SSSR count). The van der Waals surface area contributed by atoms with Crippen molar-refractivity contribution in [2.24, 2.45) is 11.7 Å². The van der Waals surface area contributed by atoms with Gasteiger partial charge in [0, 0.05) is 6.26 Å². The number of carbonyl (C=O) groups excluding carboxylic acids is 2. The molecule has 0 radical (unpaired) electrons. The highest BCUT2D eigenvalue weighted by Gasteiger charge is 2.27. The number of hydrogen-bond donors (Lipinski definition) is 2.